The third-order valence-corrected chi connectivity index (χ3v) is 2.94. The third-order valence-electron chi connectivity index (χ3n) is 2.32. The van der Waals surface area contributed by atoms with Crippen LogP contribution >= 0.6 is 11.8 Å². The van der Waals surface area contributed by atoms with Gasteiger partial charge in [0.1, 0.15) is 16.3 Å². The highest BCUT2D eigenvalue weighted by Gasteiger charge is 2.14. The first-order chi connectivity index (χ1) is 9.10. The zero-order valence-corrected chi connectivity index (χ0v) is 10.8. The molecule has 7 heteroatoms. The molecule has 0 atom stereocenters. The number of nitrogens with zero attached hydrogens (tertiary/aromatic N) is 2. The van der Waals surface area contributed by atoms with Gasteiger partial charge >= 0.3 is 5.97 Å². The van der Waals surface area contributed by atoms with E-state index in [0.29, 0.717) is 10.7 Å². The molecule has 1 aromatic carbocycles. The van der Waals surface area contributed by atoms with Gasteiger partial charge < -0.3 is 15.5 Å². The number of rotatable bonds is 4. The van der Waals surface area contributed by atoms with Crippen LogP contribution in [0.15, 0.2) is 35.4 Å². The lowest BCUT2D eigenvalue weighted by atomic mass is 10.2. The summed E-state index contributed by atoms with van der Waals surface area (Å²) in [6.07, 6.45) is 1.79. The fourth-order valence-corrected chi connectivity index (χ4v) is 1.81. The van der Waals surface area contributed by atoms with Crippen LogP contribution in [0, 0.1) is 0 Å². The van der Waals surface area contributed by atoms with Crippen molar-refractivity contribution in [3.05, 3.63) is 35.9 Å². The number of anilines is 2. The standard InChI is InChI=1S/C12H11N3O3S/c1-19-10-6-9(12(17)18)11(15-14-10)13-7-3-2-4-8(16)5-7/h2-6,16H,1H3,(H,13,15)(H,17,18). The molecule has 3 N–H and O–H groups in total. The largest absolute Gasteiger partial charge is 0.508 e. The number of phenols is 1. The van der Waals surface area contributed by atoms with Gasteiger partial charge in [-0.3, -0.25) is 0 Å². The molecule has 0 amide bonds. The van der Waals surface area contributed by atoms with Crippen LogP contribution in [0.4, 0.5) is 11.5 Å². The van der Waals surface area contributed by atoms with Crippen LogP contribution in [0.5, 0.6) is 5.75 Å². The normalized spacial score (nSPS) is 10.2. The Balaban J connectivity index is 2.36. The van der Waals surface area contributed by atoms with Crippen molar-refractivity contribution in [1.29, 1.82) is 0 Å². The number of carbonyl (C=O) groups is 1. The van der Waals surface area contributed by atoms with E-state index in [2.05, 4.69) is 15.5 Å². The van der Waals surface area contributed by atoms with Gasteiger partial charge in [0, 0.05) is 11.8 Å². The molecule has 2 rings (SSSR count). The molecule has 2 aromatic rings. The van der Waals surface area contributed by atoms with Crippen molar-refractivity contribution < 1.29 is 15.0 Å². The molecule has 0 unspecified atom stereocenters. The summed E-state index contributed by atoms with van der Waals surface area (Å²) in [5, 5.41) is 29.6. The molecular weight excluding hydrogens is 266 g/mol. The summed E-state index contributed by atoms with van der Waals surface area (Å²) in [4.78, 5) is 11.2. The summed E-state index contributed by atoms with van der Waals surface area (Å²) >= 11 is 1.31. The van der Waals surface area contributed by atoms with Gasteiger partial charge in [-0.1, -0.05) is 6.07 Å². The Kier molecular flexibility index (Phi) is 3.86. The monoisotopic (exact) mass is 277 g/mol. The highest BCUT2D eigenvalue weighted by molar-refractivity contribution is 7.98. The summed E-state index contributed by atoms with van der Waals surface area (Å²) in [6.45, 7) is 0. The Hall–Kier alpha value is -2.28. The number of phenolic OH excluding ortho intramolecular Hbond substituents is 1. The van der Waals surface area contributed by atoms with Crippen LogP contribution in [-0.4, -0.2) is 32.6 Å². The van der Waals surface area contributed by atoms with Gasteiger partial charge in [0.25, 0.3) is 0 Å². The van der Waals surface area contributed by atoms with E-state index in [1.807, 2.05) is 0 Å². The molecule has 98 valence electrons. The molecule has 0 aliphatic heterocycles. The Morgan fingerprint density at radius 3 is 2.74 bits per heavy atom. The molecule has 0 radical (unpaired) electrons. The summed E-state index contributed by atoms with van der Waals surface area (Å²) < 4.78 is 0. The van der Waals surface area contributed by atoms with Gasteiger partial charge in [0.15, 0.2) is 5.82 Å². The van der Waals surface area contributed by atoms with Gasteiger partial charge in [0.05, 0.1) is 0 Å². The fourth-order valence-electron chi connectivity index (χ4n) is 1.45. The predicted molar refractivity (Wildman–Crippen MR) is 72.2 cm³/mol. The number of hydrogen-bond donors (Lipinski definition) is 3. The maximum atomic E-state index is 11.2. The van der Waals surface area contributed by atoms with E-state index < -0.39 is 5.97 Å². The quantitative estimate of drug-likeness (QED) is 0.738. The van der Waals surface area contributed by atoms with Crippen molar-refractivity contribution in [2.75, 3.05) is 11.6 Å². The Bertz CT molecular complexity index is 619. The molecule has 1 heterocycles. The topological polar surface area (TPSA) is 95.3 Å². The number of benzene rings is 1. The zero-order valence-electron chi connectivity index (χ0n) is 9.99. The van der Waals surface area contributed by atoms with Gasteiger partial charge in [-0.15, -0.1) is 22.0 Å². The molecule has 19 heavy (non-hydrogen) atoms. The number of carboxylic acids is 1. The smallest absolute Gasteiger partial charge is 0.339 e. The van der Waals surface area contributed by atoms with Crippen molar-refractivity contribution in [2.45, 2.75) is 5.03 Å². The summed E-state index contributed by atoms with van der Waals surface area (Å²) in [6, 6.07) is 7.77. The average molecular weight is 277 g/mol. The van der Waals surface area contributed by atoms with E-state index in [4.69, 9.17) is 5.11 Å². The van der Waals surface area contributed by atoms with Crippen LogP contribution in [0.3, 0.4) is 0 Å². The van der Waals surface area contributed by atoms with Gasteiger partial charge in [-0.2, -0.15) is 0 Å². The van der Waals surface area contributed by atoms with E-state index >= 15 is 0 Å². The number of aromatic hydroxyl groups is 1. The lowest BCUT2D eigenvalue weighted by Gasteiger charge is -2.08. The average Bonchev–Trinajstić information content (AvgIpc) is 2.39. The summed E-state index contributed by atoms with van der Waals surface area (Å²) in [7, 11) is 0. The summed E-state index contributed by atoms with van der Waals surface area (Å²) in [5.41, 5.74) is 0.566. The van der Waals surface area contributed by atoms with E-state index in [9.17, 15) is 9.90 Å². The second kappa shape index (κ2) is 5.57. The second-order valence-electron chi connectivity index (χ2n) is 3.63. The maximum Gasteiger partial charge on any atom is 0.339 e. The minimum absolute atomic E-state index is 0.0303. The fraction of sp³-hybridized carbons (Fsp3) is 0.0833. The molecule has 0 saturated heterocycles. The van der Waals surface area contributed by atoms with E-state index in [1.165, 1.54) is 30.0 Å². The van der Waals surface area contributed by atoms with E-state index in [-0.39, 0.29) is 17.1 Å². The van der Waals surface area contributed by atoms with Crippen LogP contribution < -0.4 is 5.32 Å². The second-order valence-corrected chi connectivity index (χ2v) is 4.46. The summed E-state index contributed by atoms with van der Waals surface area (Å²) in [5.74, 6) is -0.876. The number of thioether (sulfide) groups is 1. The van der Waals surface area contributed by atoms with Crippen molar-refractivity contribution in [3.8, 4) is 5.75 Å². The van der Waals surface area contributed by atoms with Gasteiger partial charge in [0.2, 0.25) is 0 Å². The Labute approximate surface area is 113 Å². The number of hydrogen-bond acceptors (Lipinski definition) is 6. The van der Waals surface area contributed by atoms with Crippen LogP contribution in [0.2, 0.25) is 0 Å². The van der Waals surface area contributed by atoms with Crippen LogP contribution in [-0.2, 0) is 0 Å². The molecule has 6 nitrogen and oxygen atoms in total. The minimum Gasteiger partial charge on any atom is -0.508 e. The SMILES string of the molecule is CSc1cc(C(=O)O)c(Nc2cccc(O)c2)nn1. The highest BCUT2D eigenvalue weighted by Crippen LogP contribution is 2.23. The minimum atomic E-state index is -1.09. The number of aromatic nitrogens is 2. The predicted octanol–water partition coefficient (Wildman–Crippen LogP) is 2.35. The first-order valence-electron chi connectivity index (χ1n) is 5.31. The molecule has 1 aromatic heterocycles. The van der Waals surface area contributed by atoms with Crippen molar-refractivity contribution in [1.82, 2.24) is 10.2 Å². The van der Waals surface area contributed by atoms with Gasteiger partial charge in [-0.05, 0) is 24.5 Å². The van der Waals surface area contributed by atoms with Crippen LogP contribution in [0.25, 0.3) is 0 Å². The highest BCUT2D eigenvalue weighted by atomic mass is 32.2. The maximum absolute atomic E-state index is 11.2. The first kappa shape index (κ1) is 13.2. The van der Waals surface area contributed by atoms with E-state index in [0.717, 1.165) is 0 Å². The number of carboxylic acid groups (broad SMARTS) is 1. The molecule has 0 aliphatic rings. The Morgan fingerprint density at radius 2 is 2.11 bits per heavy atom. The van der Waals surface area contributed by atoms with Crippen molar-refractivity contribution in [2.24, 2.45) is 0 Å². The third kappa shape index (κ3) is 3.14. The van der Waals surface area contributed by atoms with E-state index in [1.54, 1.807) is 18.4 Å². The zero-order chi connectivity index (χ0) is 13.8. The molecule has 0 bridgehead atoms. The first-order valence-corrected chi connectivity index (χ1v) is 6.53. The lowest BCUT2D eigenvalue weighted by molar-refractivity contribution is 0.0697. The molecule has 0 saturated carbocycles. The van der Waals surface area contributed by atoms with Gasteiger partial charge in [-0.25, -0.2) is 4.79 Å². The van der Waals surface area contributed by atoms with Crippen molar-refractivity contribution >= 4 is 29.2 Å². The molecule has 0 aliphatic carbocycles. The lowest BCUT2D eigenvalue weighted by Crippen LogP contribution is -2.06. The van der Waals surface area contributed by atoms with Crippen molar-refractivity contribution in [3.63, 3.8) is 0 Å². The van der Waals surface area contributed by atoms with Crippen LogP contribution in [0.1, 0.15) is 10.4 Å². The number of aromatic carboxylic acids is 1. The molecule has 0 spiro atoms. The molecular formula is C12H11N3O3S. The molecule has 0 fully saturated rings. The number of nitrogens with one attached hydrogen (secondary N) is 1. The Morgan fingerprint density at radius 1 is 1.32 bits per heavy atom.